The lowest BCUT2D eigenvalue weighted by Gasteiger charge is -2.46. The van der Waals surface area contributed by atoms with Gasteiger partial charge in [-0.1, -0.05) is 29.8 Å². The van der Waals surface area contributed by atoms with E-state index in [0.29, 0.717) is 30.0 Å². The fourth-order valence-electron chi connectivity index (χ4n) is 5.31. The van der Waals surface area contributed by atoms with Crippen molar-refractivity contribution in [3.63, 3.8) is 0 Å². The Morgan fingerprint density at radius 1 is 1.00 bits per heavy atom. The molecule has 5 rings (SSSR count). The second-order valence-corrected chi connectivity index (χ2v) is 12.3. The fraction of sp³-hybridized carbons (Fsp3) is 0.355. The molecule has 10 heteroatoms. The number of fused-ring (bicyclic) bond motifs is 2. The largest absolute Gasteiger partial charge is 0.379 e. The number of hydrogen-bond acceptors (Lipinski definition) is 8. The number of carbonyl (C=O) groups excluding carboxylic acids is 1. The summed E-state index contributed by atoms with van der Waals surface area (Å²) in [6, 6.07) is 22.6. The first-order valence-electron chi connectivity index (χ1n) is 13.6. The molecule has 2 fully saturated rings. The van der Waals surface area contributed by atoms with E-state index in [9.17, 15) is 13.2 Å². The van der Waals surface area contributed by atoms with Crippen LogP contribution in [0, 0.1) is 18.3 Å². The van der Waals surface area contributed by atoms with Gasteiger partial charge in [-0.25, -0.2) is 0 Å². The van der Waals surface area contributed by atoms with Crippen molar-refractivity contribution in [1.29, 1.82) is 5.26 Å². The van der Waals surface area contributed by atoms with Gasteiger partial charge in [-0.3, -0.25) is 14.6 Å². The third-order valence-corrected chi connectivity index (χ3v) is 8.67. The number of benzene rings is 3. The fourth-order valence-corrected chi connectivity index (χ4v) is 6.23. The van der Waals surface area contributed by atoms with Crippen molar-refractivity contribution in [3.05, 3.63) is 95.1 Å². The molecule has 41 heavy (non-hydrogen) atoms. The third kappa shape index (κ3) is 7.31. The number of likely N-dealkylation sites (N-methyl/N-ethyl adjacent to an activating group) is 1. The molecule has 0 radical (unpaired) electrons. The van der Waals surface area contributed by atoms with E-state index < -0.39 is 10.1 Å². The molecule has 2 atom stereocenters. The van der Waals surface area contributed by atoms with Gasteiger partial charge in [0, 0.05) is 58.4 Å². The first-order valence-corrected chi connectivity index (χ1v) is 15.1. The summed E-state index contributed by atoms with van der Waals surface area (Å²) in [5, 5.41) is 8.96. The van der Waals surface area contributed by atoms with Crippen molar-refractivity contribution >= 4 is 16.0 Å². The maximum Gasteiger partial charge on any atom is 0.339 e. The van der Waals surface area contributed by atoms with Crippen LogP contribution in [0.3, 0.4) is 0 Å². The second kappa shape index (κ2) is 12.4. The molecule has 2 aliphatic rings. The molecule has 1 amide bonds. The van der Waals surface area contributed by atoms with Crippen molar-refractivity contribution in [2.45, 2.75) is 30.6 Å². The summed E-state index contributed by atoms with van der Waals surface area (Å²) in [6.45, 7) is 7.01. The maximum atomic E-state index is 12.8. The summed E-state index contributed by atoms with van der Waals surface area (Å²) in [6.07, 6.45) is 0.117. The topological polar surface area (TPSA) is 103 Å². The normalized spacial score (nSPS) is 19.3. The van der Waals surface area contributed by atoms with Crippen molar-refractivity contribution in [1.82, 2.24) is 14.7 Å². The maximum absolute atomic E-state index is 12.8. The summed E-state index contributed by atoms with van der Waals surface area (Å²) >= 11 is 0. The number of rotatable bonds is 9. The van der Waals surface area contributed by atoms with Crippen LogP contribution in [0.25, 0.3) is 0 Å². The van der Waals surface area contributed by atoms with Crippen molar-refractivity contribution in [3.8, 4) is 11.8 Å². The standard InChI is InChI=1S/C31H34N4O5S/c1-23-6-12-30(13-7-23)41(37,38)40-27-5-3-4-25(16-27)18-35-21-28-19-34(20-29(22-35)39-28)15-14-33(2)31(36)26-10-8-24(17-32)9-11-26/h3-13,16,28-29H,14-15,18-22H2,1-2H3. The molecule has 214 valence electrons. The lowest BCUT2D eigenvalue weighted by Crippen LogP contribution is -2.59. The van der Waals surface area contributed by atoms with E-state index in [0.717, 1.165) is 43.9 Å². The first-order chi connectivity index (χ1) is 19.7. The number of ether oxygens (including phenoxy) is 1. The summed E-state index contributed by atoms with van der Waals surface area (Å²) in [5.74, 6) is 0.231. The molecular formula is C31H34N4O5S. The van der Waals surface area contributed by atoms with Crippen LogP contribution in [0.2, 0.25) is 0 Å². The van der Waals surface area contributed by atoms with Crippen LogP contribution in [0.15, 0.2) is 77.7 Å². The van der Waals surface area contributed by atoms with Gasteiger partial charge in [0.25, 0.3) is 5.91 Å². The lowest BCUT2D eigenvalue weighted by molar-refractivity contribution is -0.140. The minimum Gasteiger partial charge on any atom is -0.379 e. The molecule has 3 aromatic rings. The van der Waals surface area contributed by atoms with Crippen molar-refractivity contribution in [2.24, 2.45) is 0 Å². The predicted molar refractivity (Wildman–Crippen MR) is 154 cm³/mol. The minimum absolute atomic E-state index is 0.0587. The Morgan fingerprint density at radius 2 is 1.66 bits per heavy atom. The van der Waals surface area contributed by atoms with E-state index in [4.69, 9.17) is 14.2 Å². The average molecular weight is 575 g/mol. The zero-order chi connectivity index (χ0) is 29.0. The van der Waals surface area contributed by atoms with Gasteiger partial charge in [0.2, 0.25) is 0 Å². The molecule has 2 unspecified atom stereocenters. The van der Waals surface area contributed by atoms with Crippen LogP contribution in [-0.2, 0) is 21.4 Å². The lowest BCUT2D eigenvalue weighted by atomic mass is 10.1. The number of nitriles is 1. The Bertz CT molecular complexity index is 1510. The number of aryl methyl sites for hydroxylation is 1. The molecule has 0 aliphatic carbocycles. The first kappa shape index (κ1) is 28.8. The minimum atomic E-state index is -3.91. The zero-order valence-electron chi connectivity index (χ0n) is 23.3. The van der Waals surface area contributed by atoms with Crippen molar-refractivity contribution in [2.75, 3.05) is 46.3 Å². The number of carbonyl (C=O) groups is 1. The summed E-state index contributed by atoms with van der Waals surface area (Å²) in [4.78, 5) is 19.3. The molecular weight excluding hydrogens is 540 g/mol. The molecule has 2 bridgehead atoms. The van der Waals surface area contributed by atoms with Crippen LogP contribution in [0.4, 0.5) is 0 Å². The molecule has 2 aliphatic heterocycles. The highest BCUT2D eigenvalue weighted by atomic mass is 32.2. The van der Waals surface area contributed by atoms with Gasteiger partial charge in [-0.15, -0.1) is 0 Å². The predicted octanol–water partition coefficient (Wildman–Crippen LogP) is 3.29. The Hall–Kier alpha value is -3.75. The molecule has 0 saturated carbocycles. The van der Waals surface area contributed by atoms with Gasteiger partial charge in [0.1, 0.15) is 10.6 Å². The van der Waals surface area contributed by atoms with Crippen LogP contribution in [0.1, 0.15) is 27.0 Å². The van der Waals surface area contributed by atoms with E-state index in [-0.39, 0.29) is 23.0 Å². The number of nitrogens with zero attached hydrogens (tertiary/aromatic N) is 4. The SMILES string of the molecule is Cc1ccc(S(=O)(=O)Oc2cccc(CN3CC4CN(CCN(C)C(=O)c5ccc(C#N)cc5)CC(C3)O4)c2)cc1. The zero-order valence-corrected chi connectivity index (χ0v) is 24.1. The van der Waals surface area contributed by atoms with Crippen LogP contribution in [0.5, 0.6) is 5.75 Å². The summed E-state index contributed by atoms with van der Waals surface area (Å²) in [5.41, 5.74) is 3.06. The van der Waals surface area contributed by atoms with E-state index in [1.165, 1.54) is 0 Å². The molecule has 3 aromatic carbocycles. The molecule has 2 saturated heterocycles. The van der Waals surface area contributed by atoms with E-state index in [1.807, 2.05) is 19.1 Å². The van der Waals surface area contributed by atoms with E-state index >= 15 is 0 Å². The monoisotopic (exact) mass is 574 g/mol. The van der Waals surface area contributed by atoms with Crippen molar-refractivity contribution < 1.29 is 22.1 Å². The van der Waals surface area contributed by atoms with Gasteiger partial charge in [0.15, 0.2) is 0 Å². The van der Waals surface area contributed by atoms with E-state index in [1.54, 1.807) is 72.6 Å². The Kier molecular flexibility index (Phi) is 8.71. The Morgan fingerprint density at radius 3 is 2.32 bits per heavy atom. The summed E-state index contributed by atoms with van der Waals surface area (Å²) < 4.78 is 37.1. The van der Waals surface area contributed by atoms with Gasteiger partial charge >= 0.3 is 10.1 Å². The smallest absolute Gasteiger partial charge is 0.339 e. The average Bonchev–Trinajstić information content (AvgIpc) is 2.95. The number of morpholine rings is 2. The van der Waals surface area contributed by atoms with Gasteiger partial charge in [-0.2, -0.15) is 13.7 Å². The highest BCUT2D eigenvalue weighted by Gasteiger charge is 2.35. The quantitative estimate of drug-likeness (QED) is 0.359. The van der Waals surface area contributed by atoms with Crippen LogP contribution < -0.4 is 4.18 Å². The number of hydrogen-bond donors (Lipinski definition) is 0. The third-order valence-electron chi connectivity index (χ3n) is 7.41. The molecule has 0 N–H and O–H groups in total. The summed E-state index contributed by atoms with van der Waals surface area (Å²) in [7, 11) is -2.11. The highest BCUT2D eigenvalue weighted by molar-refractivity contribution is 7.87. The molecule has 2 heterocycles. The second-order valence-electron chi connectivity index (χ2n) is 10.7. The Labute approximate surface area is 241 Å². The van der Waals surface area contributed by atoms with Gasteiger partial charge < -0.3 is 13.8 Å². The number of amides is 1. The van der Waals surface area contributed by atoms with Crippen LogP contribution >= 0.6 is 0 Å². The van der Waals surface area contributed by atoms with Gasteiger partial charge in [-0.05, 0) is 61.0 Å². The van der Waals surface area contributed by atoms with E-state index in [2.05, 4.69) is 15.9 Å². The Balaban J connectivity index is 1.12. The molecule has 0 spiro atoms. The molecule has 9 nitrogen and oxygen atoms in total. The molecule has 0 aromatic heterocycles. The van der Waals surface area contributed by atoms with Gasteiger partial charge in [0.05, 0.1) is 23.8 Å². The highest BCUT2D eigenvalue weighted by Crippen LogP contribution is 2.24. The van der Waals surface area contributed by atoms with Crippen LogP contribution in [-0.4, -0.2) is 87.5 Å².